The van der Waals surface area contributed by atoms with Crippen molar-refractivity contribution in [3.63, 3.8) is 0 Å². The molecule has 0 radical (unpaired) electrons. The van der Waals surface area contributed by atoms with Gasteiger partial charge in [-0.1, -0.05) is 17.3 Å². The Balaban J connectivity index is 2.31. The average Bonchev–Trinajstić information content (AvgIpc) is 2.49. The van der Waals surface area contributed by atoms with Crippen molar-refractivity contribution in [2.45, 2.75) is 6.92 Å². The Hall–Kier alpha value is -2.96. The molecule has 0 aliphatic heterocycles. The number of benzene rings is 1. The van der Waals surface area contributed by atoms with Gasteiger partial charge >= 0.3 is 0 Å². The van der Waals surface area contributed by atoms with Gasteiger partial charge < -0.3 is 16.3 Å². The number of halogens is 1. The van der Waals surface area contributed by atoms with Gasteiger partial charge in [-0.25, -0.2) is 4.39 Å². The molecule has 1 heterocycles. The van der Waals surface area contributed by atoms with E-state index in [1.165, 1.54) is 12.3 Å². The molecule has 0 aliphatic rings. The second-order valence-corrected chi connectivity index (χ2v) is 4.32. The number of carbonyl (C=O) groups excluding carboxylic acids is 1. The van der Waals surface area contributed by atoms with Gasteiger partial charge in [0, 0.05) is 17.4 Å². The van der Waals surface area contributed by atoms with Crippen LogP contribution in [0.3, 0.4) is 0 Å². The number of rotatable bonds is 3. The molecule has 0 aliphatic carbocycles. The molecule has 2 aromatic rings. The molecule has 0 atom stereocenters. The number of hydrogen-bond donors (Lipinski definition) is 3. The van der Waals surface area contributed by atoms with Crippen molar-refractivity contribution in [3.8, 4) is 0 Å². The van der Waals surface area contributed by atoms with Gasteiger partial charge in [0.2, 0.25) is 0 Å². The van der Waals surface area contributed by atoms with Crippen LogP contribution >= 0.6 is 0 Å². The molecule has 108 valence electrons. The van der Waals surface area contributed by atoms with Crippen LogP contribution in [0.2, 0.25) is 0 Å². The topological polar surface area (TPSA) is 101 Å². The zero-order valence-electron chi connectivity index (χ0n) is 11.2. The summed E-state index contributed by atoms with van der Waals surface area (Å²) in [5, 5.41) is 14.1. The first kappa shape index (κ1) is 14.4. The minimum atomic E-state index is -0.708. The molecule has 4 N–H and O–H groups in total. The Morgan fingerprint density at radius 3 is 2.86 bits per heavy atom. The number of amidine groups is 1. The maximum absolute atomic E-state index is 13.5. The van der Waals surface area contributed by atoms with Crippen LogP contribution in [0.4, 0.5) is 10.1 Å². The minimum Gasteiger partial charge on any atom is -0.409 e. The second-order valence-electron chi connectivity index (χ2n) is 4.32. The van der Waals surface area contributed by atoms with Gasteiger partial charge in [-0.15, -0.1) is 0 Å². The fourth-order valence-corrected chi connectivity index (χ4v) is 1.72. The third-order valence-electron chi connectivity index (χ3n) is 2.91. The Morgan fingerprint density at radius 1 is 1.43 bits per heavy atom. The highest BCUT2D eigenvalue weighted by atomic mass is 19.1. The monoisotopic (exact) mass is 288 g/mol. The summed E-state index contributed by atoms with van der Waals surface area (Å²) in [6, 6.07) is 6.17. The SMILES string of the molecule is Cc1ccc(C(N)=NO)cc1NC(=O)c1ccncc1F. The number of nitrogens with zero attached hydrogens (tertiary/aromatic N) is 2. The van der Waals surface area contributed by atoms with Crippen molar-refractivity contribution in [1.82, 2.24) is 4.98 Å². The van der Waals surface area contributed by atoms with Crippen LogP contribution in [-0.4, -0.2) is 21.9 Å². The number of amides is 1. The second kappa shape index (κ2) is 6.00. The van der Waals surface area contributed by atoms with Crippen molar-refractivity contribution in [2.24, 2.45) is 10.9 Å². The number of carbonyl (C=O) groups is 1. The lowest BCUT2D eigenvalue weighted by Gasteiger charge is -2.10. The fraction of sp³-hybridized carbons (Fsp3) is 0.0714. The molecule has 1 aromatic carbocycles. The lowest BCUT2D eigenvalue weighted by Crippen LogP contribution is -2.17. The standard InChI is InChI=1S/C14H13FN4O2/c1-8-2-3-9(13(16)19-21)6-12(8)18-14(20)10-4-5-17-7-11(10)15/h2-7,21H,1H3,(H2,16,19)(H,18,20). The molecule has 0 spiro atoms. The van der Waals surface area contributed by atoms with Gasteiger partial charge in [0.15, 0.2) is 11.7 Å². The Morgan fingerprint density at radius 2 is 2.19 bits per heavy atom. The summed E-state index contributed by atoms with van der Waals surface area (Å²) in [6.07, 6.45) is 2.30. The summed E-state index contributed by atoms with van der Waals surface area (Å²) in [5.74, 6) is -1.39. The third-order valence-corrected chi connectivity index (χ3v) is 2.91. The number of aryl methyl sites for hydroxylation is 1. The van der Waals surface area contributed by atoms with Gasteiger partial charge in [0.05, 0.1) is 11.8 Å². The van der Waals surface area contributed by atoms with Crippen LogP contribution in [0, 0.1) is 12.7 Å². The molecule has 1 amide bonds. The predicted octanol–water partition coefficient (Wildman–Crippen LogP) is 1.88. The summed E-state index contributed by atoms with van der Waals surface area (Å²) in [4.78, 5) is 15.6. The largest absolute Gasteiger partial charge is 0.409 e. The van der Waals surface area contributed by atoms with E-state index in [9.17, 15) is 9.18 Å². The van der Waals surface area contributed by atoms with Gasteiger partial charge in [0.25, 0.3) is 5.91 Å². The van der Waals surface area contributed by atoms with Crippen molar-refractivity contribution in [1.29, 1.82) is 0 Å². The highest BCUT2D eigenvalue weighted by Crippen LogP contribution is 2.18. The predicted molar refractivity (Wildman–Crippen MR) is 75.8 cm³/mol. The number of pyridine rings is 1. The normalized spacial score (nSPS) is 11.2. The maximum Gasteiger partial charge on any atom is 0.258 e. The first-order chi connectivity index (χ1) is 10.0. The van der Waals surface area contributed by atoms with Crippen LogP contribution in [-0.2, 0) is 0 Å². The smallest absolute Gasteiger partial charge is 0.258 e. The maximum atomic E-state index is 13.5. The van der Waals surface area contributed by atoms with E-state index in [2.05, 4.69) is 15.5 Å². The first-order valence-electron chi connectivity index (χ1n) is 6.02. The van der Waals surface area contributed by atoms with E-state index in [-0.39, 0.29) is 11.4 Å². The van der Waals surface area contributed by atoms with E-state index in [0.29, 0.717) is 11.3 Å². The fourth-order valence-electron chi connectivity index (χ4n) is 1.72. The number of oxime groups is 1. The van der Waals surface area contributed by atoms with E-state index < -0.39 is 11.7 Å². The number of aromatic nitrogens is 1. The van der Waals surface area contributed by atoms with Crippen LogP contribution in [0.5, 0.6) is 0 Å². The van der Waals surface area contributed by atoms with Gasteiger partial charge in [-0.05, 0) is 24.6 Å². The summed E-state index contributed by atoms with van der Waals surface area (Å²) in [5.41, 5.74) is 7.03. The van der Waals surface area contributed by atoms with Crippen LogP contribution in [0.15, 0.2) is 41.8 Å². The molecule has 0 unspecified atom stereocenters. The molecule has 6 nitrogen and oxygen atoms in total. The summed E-state index contributed by atoms with van der Waals surface area (Å²) in [7, 11) is 0. The van der Waals surface area contributed by atoms with Crippen molar-refractivity contribution >= 4 is 17.4 Å². The number of nitrogens with one attached hydrogen (secondary N) is 1. The Labute approximate surface area is 120 Å². The quantitative estimate of drug-likeness (QED) is 0.347. The zero-order chi connectivity index (χ0) is 15.4. The summed E-state index contributed by atoms with van der Waals surface area (Å²) in [6.45, 7) is 1.77. The van der Waals surface area contributed by atoms with E-state index in [1.54, 1.807) is 25.1 Å². The lowest BCUT2D eigenvalue weighted by molar-refractivity contribution is 0.102. The molecule has 0 saturated heterocycles. The molecule has 0 saturated carbocycles. The molecule has 1 aromatic heterocycles. The average molecular weight is 288 g/mol. The third kappa shape index (κ3) is 3.14. The van der Waals surface area contributed by atoms with Crippen molar-refractivity contribution in [2.75, 3.05) is 5.32 Å². The van der Waals surface area contributed by atoms with Gasteiger partial charge in [-0.2, -0.15) is 0 Å². The highest BCUT2D eigenvalue weighted by Gasteiger charge is 2.13. The molecule has 21 heavy (non-hydrogen) atoms. The molecule has 0 bridgehead atoms. The van der Waals surface area contributed by atoms with Gasteiger partial charge in [-0.3, -0.25) is 9.78 Å². The lowest BCUT2D eigenvalue weighted by atomic mass is 10.1. The van der Waals surface area contributed by atoms with E-state index in [1.807, 2.05) is 0 Å². The van der Waals surface area contributed by atoms with Crippen molar-refractivity contribution in [3.05, 3.63) is 59.2 Å². The molecule has 2 rings (SSSR count). The van der Waals surface area contributed by atoms with E-state index in [4.69, 9.17) is 10.9 Å². The molecule has 7 heteroatoms. The number of hydrogen-bond acceptors (Lipinski definition) is 4. The molecular weight excluding hydrogens is 275 g/mol. The van der Waals surface area contributed by atoms with Crippen LogP contribution < -0.4 is 11.1 Å². The Bertz CT molecular complexity index is 716. The summed E-state index contributed by atoms with van der Waals surface area (Å²) < 4.78 is 13.5. The van der Waals surface area contributed by atoms with Gasteiger partial charge in [0.1, 0.15) is 0 Å². The first-order valence-corrected chi connectivity index (χ1v) is 6.02. The van der Waals surface area contributed by atoms with Crippen LogP contribution in [0.1, 0.15) is 21.5 Å². The molecular formula is C14H13FN4O2. The number of anilines is 1. The van der Waals surface area contributed by atoms with E-state index >= 15 is 0 Å². The minimum absolute atomic E-state index is 0.0828. The summed E-state index contributed by atoms with van der Waals surface area (Å²) >= 11 is 0. The number of nitrogens with two attached hydrogens (primary N) is 1. The Kier molecular flexibility index (Phi) is 4.13. The molecule has 0 fully saturated rings. The van der Waals surface area contributed by atoms with E-state index in [0.717, 1.165) is 11.8 Å². The van der Waals surface area contributed by atoms with Crippen LogP contribution in [0.25, 0.3) is 0 Å². The highest BCUT2D eigenvalue weighted by molar-refractivity contribution is 6.06. The zero-order valence-corrected chi connectivity index (χ0v) is 11.2. The van der Waals surface area contributed by atoms with Crippen molar-refractivity contribution < 1.29 is 14.4 Å².